The molecule has 2 aliphatic rings. The third-order valence-corrected chi connectivity index (χ3v) is 5.61. The van der Waals surface area contributed by atoms with Crippen LogP contribution in [0.1, 0.15) is 37.3 Å². The van der Waals surface area contributed by atoms with Crippen molar-refractivity contribution in [3.05, 3.63) is 35.4 Å². The average Bonchev–Trinajstić information content (AvgIpc) is 2.59. The van der Waals surface area contributed by atoms with Crippen LogP contribution in [-0.4, -0.2) is 59.3 Å². The molecule has 2 aliphatic heterocycles. The maximum Gasteiger partial charge on any atom is 0.317 e. The summed E-state index contributed by atoms with van der Waals surface area (Å²) in [6.45, 7) is 8.39. The Kier molecular flexibility index (Phi) is 5.97. The van der Waals surface area contributed by atoms with E-state index in [1.165, 1.54) is 11.1 Å². The summed E-state index contributed by atoms with van der Waals surface area (Å²) in [7, 11) is 0. The predicted molar refractivity (Wildman–Crippen MR) is 99.4 cm³/mol. The van der Waals surface area contributed by atoms with Crippen molar-refractivity contribution in [3.63, 3.8) is 0 Å². The molecule has 0 bridgehead atoms. The third kappa shape index (κ3) is 4.95. The molecule has 0 saturated carbocycles. The maximum atomic E-state index is 12.4. The van der Waals surface area contributed by atoms with Gasteiger partial charge in [0.1, 0.15) is 0 Å². The molecule has 3 rings (SSSR count). The number of rotatable bonds is 3. The molecule has 0 spiro atoms. The quantitative estimate of drug-likeness (QED) is 0.884. The monoisotopic (exact) mass is 345 g/mol. The van der Waals surface area contributed by atoms with Gasteiger partial charge in [0.25, 0.3) is 0 Å². The van der Waals surface area contributed by atoms with Crippen molar-refractivity contribution >= 4 is 6.03 Å². The van der Waals surface area contributed by atoms with Crippen LogP contribution in [0.4, 0.5) is 4.79 Å². The van der Waals surface area contributed by atoms with Gasteiger partial charge in [-0.05, 0) is 37.7 Å². The van der Waals surface area contributed by atoms with E-state index in [4.69, 9.17) is 0 Å². The third-order valence-electron chi connectivity index (χ3n) is 5.61. The summed E-state index contributed by atoms with van der Waals surface area (Å²) in [5, 5.41) is 13.1. The van der Waals surface area contributed by atoms with Gasteiger partial charge in [-0.3, -0.25) is 4.90 Å². The Morgan fingerprint density at radius 1 is 1.24 bits per heavy atom. The van der Waals surface area contributed by atoms with Crippen LogP contribution in [0, 0.1) is 12.8 Å². The number of amides is 2. The Balaban J connectivity index is 1.42. The second-order valence-electron chi connectivity index (χ2n) is 7.77. The molecule has 2 fully saturated rings. The van der Waals surface area contributed by atoms with Crippen LogP contribution in [0.5, 0.6) is 0 Å². The van der Waals surface area contributed by atoms with E-state index in [0.29, 0.717) is 6.54 Å². The highest BCUT2D eigenvalue weighted by Crippen LogP contribution is 2.18. The number of aryl methyl sites for hydroxylation is 1. The summed E-state index contributed by atoms with van der Waals surface area (Å²) < 4.78 is 0. The summed E-state index contributed by atoms with van der Waals surface area (Å²) >= 11 is 0. The van der Waals surface area contributed by atoms with Gasteiger partial charge in [-0.15, -0.1) is 0 Å². The molecule has 25 heavy (non-hydrogen) atoms. The zero-order chi connectivity index (χ0) is 17.8. The number of β-amino-alcohol motifs (C(OH)–C–C–N with tert-alkyl or cyclic N) is 1. The lowest BCUT2D eigenvalue weighted by molar-refractivity contribution is 0.0423. The van der Waals surface area contributed by atoms with Gasteiger partial charge in [0, 0.05) is 38.8 Å². The minimum absolute atomic E-state index is 0.0110. The average molecular weight is 345 g/mol. The van der Waals surface area contributed by atoms with Gasteiger partial charge in [0.15, 0.2) is 0 Å². The van der Waals surface area contributed by atoms with E-state index >= 15 is 0 Å². The van der Waals surface area contributed by atoms with Gasteiger partial charge in [0.05, 0.1) is 6.10 Å². The van der Waals surface area contributed by atoms with Crippen LogP contribution in [0.25, 0.3) is 0 Å². The Morgan fingerprint density at radius 3 is 2.68 bits per heavy atom. The van der Waals surface area contributed by atoms with Crippen LogP contribution >= 0.6 is 0 Å². The molecule has 2 amide bonds. The summed E-state index contributed by atoms with van der Waals surface area (Å²) in [5.74, 6) is 0.286. The lowest BCUT2D eigenvalue weighted by atomic mass is 9.96. The van der Waals surface area contributed by atoms with E-state index in [1.807, 2.05) is 6.92 Å². The molecule has 0 aromatic heterocycles. The van der Waals surface area contributed by atoms with Crippen LogP contribution < -0.4 is 5.32 Å². The molecule has 5 nitrogen and oxygen atoms in total. The van der Waals surface area contributed by atoms with Gasteiger partial charge in [-0.25, -0.2) is 4.79 Å². The number of hydrogen-bond donors (Lipinski definition) is 2. The highest BCUT2D eigenvalue weighted by atomic mass is 16.3. The Labute approximate surface area is 151 Å². The molecule has 0 aliphatic carbocycles. The highest BCUT2D eigenvalue weighted by molar-refractivity contribution is 5.74. The predicted octanol–water partition coefficient (Wildman–Crippen LogP) is 2.37. The van der Waals surface area contributed by atoms with Crippen molar-refractivity contribution in [1.29, 1.82) is 0 Å². The van der Waals surface area contributed by atoms with E-state index < -0.39 is 6.10 Å². The van der Waals surface area contributed by atoms with Crippen molar-refractivity contribution < 1.29 is 9.90 Å². The van der Waals surface area contributed by atoms with E-state index in [-0.39, 0.29) is 18.0 Å². The van der Waals surface area contributed by atoms with Crippen molar-refractivity contribution in [3.8, 4) is 0 Å². The maximum absolute atomic E-state index is 12.4. The Morgan fingerprint density at radius 2 is 2.00 bits per heavy atom. The second kappa shape index (κ2) is 8.19. The fourth-order valence-corrected chi connectivity index (χ4v) is 3.80. The minimum Gasteiger partial charge on any atom is -0.391 e. The normalized spacial score (nSPS) is 25.8. The van der Waals surface area contributed by atoms with Crippen molar-refractivity contribution in [2.24, 2.45) is 5.92 Å². The zero-order valence-corrected chi connectivity index (χ0v) is 15.4. The fraction of sp³-hybridized carbons (Fsp3) is 0.650. The number of benzene rings is 1. The van der Waals surface area contributed by atoms with Crippen LogP contribution in [0.3, 0.4) is 0 Å². The van der Waals surface area contributed by atoms with Crippen molar-refractivity contribution in [2.75, 3.05) is 26.2 Å². The summed E-state index contributed by atoms with van der Waals surface area (Å²) in [5.41, 5.74) is 2.66. The molecule has 2 unspecified atom stereocenters. The summed E-state index contributed by atoms with van der Waals surface area (Å²) in [6, 6.07) is 8.91. The first kappa shape index (κ1) is 18.2. The number of hydrogen-bond acceptors (Lipinski definition) is 3. The first-order valence-corrected chi connectivity index (χ1v) is 9.52. The number of piperidine rings is 2. The number of aliphatic hydroxyl groups excluding tert-OH is 1. The van der Waals surface area contributed by atoms with Gasteiger partial charge >= 0.3 is 6.03 Å². The number of urea groups is 1. The zero-order valence-electron chi connectivity index (χ0n) is 15.4. The molecule has 1 aromatic carbocycles. The lowest BCUT2D eigenvalue weighted by Gasteiger charge is -2.37. The number of nitrogens with one attached hydrogen (secondary N) is 1. The van der Waals surface area contributed by atoms with Crippen molar-refractivity contribution in [1.82, 2.24) is 15.1 Å². The molecule has 2 atom stereocenters. The van der Waals surface area contributed by atoms with Crippen LogP contribution in [0.2, 0.25) is 0 Å². The second-order valence-corrected chi connectivity index (χ2v) is 7.77. The van der Waals surface area contributed by atoms with E-state index in [1.54, 1.807) is 4.90 Å². The van der Waals surface area contributed by atoms with E-state index in [0.717, 1.165) is 45.4 Å². The number of carbonyl (C=O) groups is 1. The lowest BCUT2D eigenvalue weighted by Crippen LogP contribution is -2.53. The van der Waals surface area contributed by atoms with Gasteiger partial charge in [-0.2, -0.15) is 0 Å². The molecule has 1 aromatic rings. The molecule has 2 saturated heterocycles. The number of likely N-dealkylation sites (tertiary alicyclic amines) is 2. The minimum atomic E-state index is -0.393. The van der Waals surface area contributed by atoms with E-state index in [9.17, 15) is 9.90 Å². The Hall–Kier alpha value is -1.59. The molecular formula is C20H31N3O2. The first-order chi connectivity index (χ1) is 12.0. The molecule has 138 valence electrons. The molecular weight excluding hydrogens is 314 g/mol. The number of carbonyl (C=O) groups excluding carboxylic acids is 1. The summed E-state index contributed by atoms with van der Waals surface area (Å²) in [4.78, 5) is 16.6. The van der Waals surface area contributed by atoms with Crippen LogP contribution in [0.15, 0.2) is 24.3 Å². The number of aliphatic hydroxyl groups is 1. The smallest absolute Gasteiger partial charge is 0.317 e. The molecule has 2 N–H and O–H groups in total. The largest absolute Gasteiger partial charge is 0.391 e. The standard InChI is InChI=1S/C20H31N3O2/c1-15-4-3-5-17(12-15)13-22-9-7-18(8-10-22)21-20(25)23-11-6-16(2)19(24)14-23/h3-5,12,16,18-19,24H,6-11,13-14H2,1-2H3,(H,21,25). The molecule has 5 heteroatoms. The fourth-order valence-electron chi connectivity index (χ4n) is 3.80. The SMILES string of the molecule is Cc1cccc(CN2CCC(NC(=O)N3CCC(C)C(O)C3)CC2)c1. The summed E-state index contributed by atoms with van der Waals surface area (Å²) in [6.07, 6.45) is 2.47. The highest BCUT2D eigenvalue weighted by Gasteiger charge is 2.29. The molecule has 0 radical (unpaired) electrons. The van der Waals surface area contributed by atoms with Crippen molar-refractivity contribution in [2.45, 2.75) is 51.8 Å². The van der Waals surface area contributed by atoms with Gasteiger partial charge < -0.3 is 15.3 Å². The van der Waals surface area contributed by atoms with E-state index in [2.05, 4.69) is 41.4 Å². The molecule has 2 heterocycles. The Bertz CT molecular complexity index is 584. The number of nitrogens with zero attached hydrogens (tertiary/aromatic N) is 2. The topological polar surface area (TPSA) is 55.8 Å². The van der Waals surface area contributed by atoms with Crippen LogP contribution in [-0.2, 0) is 6.54 Å². The van der Waals surface area contributed by atoms with Gasteiger partial charge in [0.2, 0.25) is 0 Å². The van der Waals surface area contributed by atoms with Gasteiger partial charge in [-0.1, -0.05) is 36.8 Å². The first-order valence-electron chi connectivity index (χ1n) is 9.52.